The lowest BCUT2D eigenvalue weighted by molar-refractivity contribution is 0.0944. The maximum Gasteiger partial charge on any atom is 0.270 e. The smallest absolute Gasteiger partial charge is 0.270 e. The van der Waals surface area contributed by atoms with Crippen LogP contribution < -0.4 is 10.6 Å². The molecule has 1 amide bonds. The summed E-state index contributed by atoms with van der Waals surface area (Å²) in [6, 6.07) is 9.79. The van der Waals surface area contributed by atoms with Crippen molar-refractivity contribution in [1.29, 1.82) is 0 Å². The van der Waals surface area contributed by atoms with Gasteiger partial charge in [0.1, 0.15) is 17.8 Å². The van der Waals surface area contributed by atoms with E-state index in [0.717, 1.165) is 12.1 Å². The van der Waals surface area contributed by atoms with Gasteiger partial charge in [0.25, 0.3) is 5.91 Å². The summed E-state index contributed by atoms with van der Waals surface area (Å²) >= 11 is 0. The molecule has 22 heavy (non-hydrogen) atoms. The van der Waals surface area contributed by atoms with Crippen molar-refractivity contribution in [2.24, 2.45) is 5.92 Å². The summed E-state index contributed by atoms with van der Waals surface area (Å²) < 4.78 is 0. The summed E-state index contributed by atoms with van der Waals surface area (Å²) in [4.78, 5) is 20.2. The molecule has 2 aromatic rings. The molecule has 0 aliphatic heterocycles. The Morgan fingerprint density at radius 2 is 1.91 bits per heavy atom. The molecule has 116 valence electrons. The van der Waals surface area contributed by atoms with E-state index in [1.54, 1.807) is 6.07 Å². The van der Waals surface area contributed by atoms with Gasteiger partial charge in [-0.1, -0.05) is 32.9 Å². The number of carbonyl (C=O) groups is 1. The number of hydrogen-bond acceptors (Lipinski definition) is 4. The third-order valence-corrected chi connectivity index (χ3v) is 3.21. The topological polar surface area (TPSA) is 66.9 Å². The summed E-state index contributed by atoms with van der Waals surface area (Å²) in [5.41, 5.74) is 2.58. The summed E-state index contributed by atoms with van der Waals surface area (Å²) in [7, 11) is 0. The van der Waals surface area contributed by atoms with Crippen LogP contribution in [0.1, 0.15) is 36.8 Å². The van der Waals surface area contributed by atoms with E-state index in [2.05, 4.69) is 39.7 Å². The number of nitrogens with one attached hydrogen (secondary N) is 2. The zero-order valence-corrected chi connectivity index (χ0v) is 13.3. The van der Waals surface area contributed by atoms with E-state index in [4.69, 9.17) is 0 Å². The second-order valence-electron chi connectivity index (χ2n) is 5.57. The van der Waals surface area contributed by atoms with Crippen LogP contribution >= 0.6 is 0 Å². The van der Waals surface area contributed by atoms with E-state index in [1.165, 1.54) is 11.9 Å². The van der Waals surface area contributed by atoms with Crippen LogP contribution in [0, 0.1) is 5.92 Å². The van der Waals surface area contributed by atoms with Gasteiger partial charge in [-0.3, -0.25) is 4.79 Å². The molecule has 0 saturated carbocycles. The van der Waals surface area contributed by atoms with E-state index in [1.807, 2.05) is 26.0 Å². The molecule has 0 saturated heterocycles. The molecule has 0 atom stereocenters. The average molecular weight is 298 g/mol. The highest BCUT2D eigenvalue weighted by atomic mass is 16.1. The van der Waals surface area contributed by atoms with Crippen molar-refractivity contribution in [1.82, 2.24) is 15.3 Å². The van der Waals surface area contributed by atoms with Crippen LogP contribution in [0.5, 0.6) is 0 Å². The first-order valence-electron chi connectivity index (χ1n) is 7.54. The van der Waals surface area contributed by atoms with Gasteiger partial charge in [-0.15, -0.1) is 0 Å². The number of rotatable bonds is 6. The largest absolute Gasteiger partial charge is 0.350 e. The molecule has 0 radical (unpaired) electrons. The SMILES string of the molecule is CCc1ccc(Nc2cc(C(=O)NCC(C)C)ncn2)cc1. The maximum absolute atomic E-state index is 12.0. The number of carbonyl (C=O) groups excluding carboxylic acids is 1. The third kappa shape index (κ3) is 4.55. The minimum atomic E-state index is -0.180. The standard InChI is InChI=1S/C17H22N4O/c1-4-13-5-7-14(8-6-13)21-16-9-15(19-11-20-16)17(22)18-10-12(2)3/h5-9,11-12H,4,10H2,1-3H3,(H,18,22)(H,19,20,21). The van der Waals surface area contributed by atoms with Crippen molar-refractivity contribution in [3.05, 3.63) is 47.9 Å². The van der Waals surface area contributed by atoms with Gasteiger partial charge in [-0.05, 0) is 30.0 Å². The molecule has 0 fully saturated rings. The molecule has 2 rings (SSSR count). The molecular formula is C17H22N4O. The Morgan fingerprint density at radius 3 is 2.55 bits per heavy atom. The van der Waals surface area contributed by atoms with E-state index in [-0.39, 0.29) is 5.91 Å². The van der Waals surface area contributed by atoms with E-state index in [9.17, 15) is 4.79 Å². The second-order valence-corrected chi connectivity index (χ2v) is 5.57. The van der Waals surface area contributed by atoms with Crippen LogP contribution in [0.4, 0.5) is 11.5 Å². The summed E-state index contributed by atoms with van der Waals surface area (Å²) in [5.74, 6) is 0.829. The van der Waals surface area contributed by atoms with Crippen LogP contribution in [0.25, 0.3) is 0 Å². The van der Waals surface area contributed by atoms with Crippen LogP contribution in [-0.2, 0) is 6.42 Å². The van der Waals surface area contributed by atoms with Gasteiger partial charge in [0.2, 0.25) is 0 Å². The predicted molar refractivity (Wildman–Crippen MR) is 88.3 cm³/mol. The van der Waals surface area contributed by atoms with E-state index in [0.29, 0.717) is 24.0 Å². The van der Waals surface area contributed by atoms with Crippen LogP contribution in [-0.4, -0.2) is 22.4 Å². The maximum atomic E-state index is 12.0. The van der Waals surface area contributed by atoms with Gasteiger partial charge < -0.3 is 10.6 Å². The second kappa shape index (κ2) is 7.54. The van der Waals surface area contributed by atoms with E-state index < -0.39 is 0 Å². The minimum absolute atomic E-state index is 0.180. The van der Waals surface area contributed by atoms with Crippen LogP contribution in [0.15, 0.2) is 36.7 Å². The highest BCUT2D eigenvalue weighted by Gasteiger charge is 2.09. The number of hydrogen-bond donors (Lipinski definition) is 2. The average Bonchev–Trinajstić information content (AvgIpc) is 2.53. The zero-order valence-electron chi connectivity index (χ0n) is 13.3. The van der Waals surface area contributed by atoms with Crippen LogP contribution in [0.3, 0.4) is 0 Å². The lowest BCUT2D eigenvalue weighted by atomic mass is 10.1. The highest BCUT2D eigenvalue weighted by molar-refractivity contribution is 5.92. The highest BCUT2D eigenvalue weighted by Crippen LogP contribution is 2.15. The molecule has 0 spiro atoms. The Morgan fingerprint density at radius 1 is 1.18 bits per heavy atom. The number of aromatic nitrogens is 2. The fourth-order valence-corrected chi connectivity index (χ4v) is 1.91. The fraction of sp³-hybridized carbons (Fsp3) is 0.353. The first kappa shape index (κ1) is 15.9. The van der Waals surface area contributed by atoms with Crippen molar-refractivity contribution in [2.45, 2.75) is 27.2 Å². The molecule has 5 heteroatoms. The number of benzene rings is 1. The van der Waals surface area contributed by atoms with Gasteiger partial charge in [0, 0.05) is 18.3 Å². The lowest BCUT2D eigenvalue weighted by Gasteiger charge is -2.09. The van der Waals surface area contributed by atoms with Gasteiger partial charge in [0.15, 0.2) is 0 Å². The van der Waals surface area contributed by atoms with Crippen molar-refractivity contribution in [2.75, 3.05) is 11.9 Å². The first-order valence-corrected chi connectivity index (χ1v) is 7.54. The monoisotopic (exact) mass is 298 g/mol. The first-order chi connectivity index (χ1) is 10.6. The molecule has 1 aromatic heterocycles. The zero-order chi connectivity index (χ0) is 15.9. The van der Waals surface area contributed by atoms with Crippen molar-refractivity contribution >= 4 is 17.4 Å². The number of anilines is 2. The third-order valence-electron chi connectivity index (χ3n) is 3.21. The summed E-state index contributed by atoms with van der Waals surface area (Å²) in [6.45, 7) is 6.85. The normalized spacial score (nSPS) is 10.5. The van der Waals surface area contributed by atoms with Crippen molar-refractivity contribution < 1.29 is 4.79 Å². The fourth-order valence-electron chi connectivity index (χ4n) is 1.91. The Hall–Kier alpha value is -2.43. The Kier molecular flexibility index (Phi) is 5.47. The Balaban J connectivity index is 2.05. The quantitative estimate of drug-likeness (QED) is 0.859. The molecule has 1 heterocycles. The van der Waals surface area contributed by atoms with Gasteiger partial charge >= 0.3 is 0 Å². The van der Waals surface area contributed by atoms with Crippen molar-refractivity contribution in [3.8, 4) is 0 Å². The lowest BCUT2D eigenvalue weighted by Crippen LogP contribution is -2.28. The molecule has 5 nitrogen and oxygen atoms in total. The molecule has 0 unspecified atom stereocenters. The summed E-state index contributed by atoms with van der Waals surface area (Å²) in [6.07, 6.45) is 2.40. The van der Waals surface area contributed by atoms with E-state index >= 15 is 0 Å². The van der Waals surface area contributed by atoms with Crippen molar-refractivity contribution in [3.63, 3.8) is 0 Å². The molecule has 0 bridgehead atoms. The summed E-state index contributed by atoms with van der Waals surface area (Å²) in [5, 5.41) is 6.03. The van der Waals surface area contributed by atoms with Gasteiger partial charge in [0.05, 0.1) is 0 Å². The number of aryl methyl sites for hydroxylation is 1. The number of nitrogens with zero attached hydrogens (tertiary/aromatic N) is 2. The van der Waals surface area contributed by atoms with Crippen LogP contribution in [0.2, 0.25) is 0 Å². The number of amides is 1. The molecule has 0 aliphatic rings. The Bertz CT molecular complexity index is 623. The minimum Gasteiger partial charge on any atom is -0.350 e. The van der Waals surface area contributed by atoms with Gasteiger partial charge in [-0.2, -0.15) is 0 Å². The molecule has 0 aliphatic carbocycles. The van der Waals surface area contributed by atoms with Gasteiger partial charge in [-0.25, -0.2) is 9.97 Å². The molecular weight excluding hydrogens is 276 g/mol. The predicted octanol–water partition coefficient (Wildman–Crippen LogP) is 3.17. The molecule has 2 N–H and O–H groups in total. The molecule has 1 aromatic carbocycles. The Labute approximate surface area is 131 Å².